The highest BCUT2D eigenvalue weighted by atomic mass is 32.1. The van der Waals surface area contributed by atoms with Crippen molar-refractivity contribution < 1.29 is 4.74 Å². The van der Waals surface area contributed by atoms with E-state index in [-0.39, 0.29) is 6.04 Å². The minimum Gasteiger partial charge on any atom is -0.497 e. The molecule has 1 aliphatic rings. The summed E-state index contributed by atoms with van der Waals surface area (Å²) in [4.78, 5) is 1.33. The third kappa shape index (κ3) is 2.94. The molecule has 0 saturated carbocycles. The highest BCUT2D eigenvalue weighted by molar-refractivity contribution is 7.10. The van der Waals surface area contributed by atoms with Crippen LogP contribution in [-0.2, 0) is 0 Å². The van der Waals surface area contributed by atoms with E-state index >= 15 is 0 Å². The second-order valence-electron chi connectivity index (χ2n) is 4.99. The van der Waals surface area contributed by atoms with Crippen LogP contribution < -0.4 is 15.5 Å². The van der Waals surface area contributed by atoms with E-state index in [2.05, 4.69) is 28.6 Å². The number of nitrogens with zero attached hydrogens (tertiary/aromatic N) is 2. The number of nitrogens with two attached hydrogens (primary N) is 1. The summed E-state index contributed by atoms with van der Waals surface area (Å²) in [5, 5.41) is 8.99. The van der Waals surface area contributed by atoms with Crippen LogP contribution >= 0.6 is 11.3 Å². The van der Waals surface area contributed by atoms with Gasteiger partial charge in [-0.2, -0.15) is 5.10 Å². The Kier molecular flexibility index (Phi) is 4.22. The molecule has 1 atom stereocenters. The molecule has 1 aromatic heterocycles. The van der Waals surface area contributed by atoms with Crippen LogP contribution in [0.2, 0.25) is 0 Å². The monoisotopic (exact) mass is 301 g/mol. The standard InChI is InChI=1S/C16H19N3OS/c1-20-14-5-2-4-13(11-14)19-15(16-6-3-9-21-16)10-12(18-19)7-8-17/h2-6,9,11,15H,7-8,10,17H2,1H3. The van der Waals surface area contributed by atoms with Gasteiger partial charge in [-0.25, -0.2) is 0 Å². The predicted molar refractivity (Wildman–Crippen MR) is 88.3 cm³/mol. The Morgan fingerprint density at radius 2 is 2.29 bits per heavy atom. The molecule has 0 fully saturated rings. The molecule has 0 radical (unpaired) electrons. The summed E-state index contributed by atoms with van der Waals surface area (Å²) < 4.78 is 5.32. The van der Waals surface area contributed by atoms with Crippen molar-refractivity contribution in [2.24, 2.45) is 10.8 Å². The number of hydrogen-bond acceptors (Lipinski definition) is 5. The summed E-state index contributed by atoms with van der Waals surface area (Å²) in [5.74, 6) is 0.847. The number of hydrogen-bond donors (Lipinski definition) is 1. The number of thiophene rings is 1. The first kappa shape index (κ1) is 14.1. The van der Waals surface area contributed by atoms with Crippen molar-refractivity contribution in [1.29, 1.82) is 0 Å². The predicted octanol–water partition coefficient (Wildman–Crippen LogP) is 3.41. The molecule has 1 aromatic carbocycles. The molecular weight excluding hydrogens is 282 g/mol. The molecule has 110 valence electrons. The fourth-order valence-electron chi connectivity index (χ4n) is 2.58. The van der Waals surface area contributed by atoms with Crippen LogP contribution in [0.25, 0.3) is 0 Å². The Bertz CT molecular complexity index is 624. The van der Waals surface area contributed by atoms with E-state index in [4.69, 9.17) is 15.6 Å². The van der Waals surface area contributed by atoms with Crippen LogP contribution in [-0.4, -0.2) is 19.4 Å². The molecule has 2 heterocycles. The Morgan fingerprint density at radius 3 is 3.00 bits per heavy atom. The third-order valence-corrected chi connectivity index (χ3v) is 4.57. The molecule has 0 amide bonds. The molecule has 1 aliphatic heterocycles. The van der Waals surface area contributed by atoms with E-state index in [9.17, 15) is 0 Å². The summed E-state index contributed by atoms with van der Waals surface area (Å²) >= 11 is 1.77. The Morgan fingerprint density at radius 1 is 1.38 bits per heavy atom. The number of anilines is 1. The van der Waals surface area contributed by atoms with Crippen molar-refractivity contribution >= 4 is 22.7 Å². The van der Waals surface area contributed by atoms with Gasteiger partial charge in [-0.05, 0) is 36.5 Å². The summed E-state index contributed by atoms with van der Waals surface area (Å²) in [6.45, 7) is 0.641. The topological polar surface area (TPSA) is 50.8 Å². The third-order valence-electron chi connectivity index (χ3n) is 3.60. The van der Waals surface area contributed by atoms with Crippen molar-refractivity contribution in [2.75, 3.05) is 18.7 Å². The van der Waals surface area contributed by atoms with Crippen LogP contribution in [0.15, 0.2) is 46.9 Å². The molecule has 2 N–H and O–H groups in total. The molecule has 0 spiro atoms. The Labute approximate surface area is 128 Å². The smallest absolute Gasteiger partial charge is 0.120 e. The van der Waals surface area contributed by atoms with Crippen molar-refractivity contribution in [3.63, 3.8) is 0 Å². The number of benzene rings is 1. The van der Waals surface area contributed by atoms with Crippen LogP contribution in [0.3, 0.4) is 0 Å². The van der Waals surface area contributed by atoms with Crippen molar-refractivity contribution in [3.05, 3.63) is 46.7 Å². The lowest BCUT2D eigenvalue weighted by Crippen LogP contribution is -2.17. The number of rotatable bonds is 5. The second kappa shape index (κ2) is 6.28. The molecule has 5 heteroatoms. The van der Waals surface area contributed by atoms with Gasteiger partial charge in [0, 0.05) is 23.1 Å². The number of hydrazone groups is 1. The quantitative estimate of drug-likeness (QED) is 0.920. The highest BCUT2D eigenvalue weighted by Gasteiger charge is 2.29. The zero-order valence-electron chi connectivity index (χ0n) is 12.0. The summed E-state index contributed by atoms with van der Waals surface area (Å²) in [7, 11) is 1.68. The van der Waals surface area contributed by atoms with E-state index in [1.807, 2.05) is 18.2 Å². The SMILES string of the molecule is COc1cccc(N2N=C(CCN)CC2c2cccs2)c1. The van der Waals surface area contributed by atoms with Gasteiger partial charge >= 0.3 is 0 Å². The van der Waals surface area contributed by atoms with Gasteiger partial charge in [-0.15, -0.1) is 11.3 Å². The van der Waals surface area contributed by atoms with Gasteiger partial charge in [-0.1, -0.05) is 12.1 Å². The average molecular weight is 301 g/mol. The van der Waals surface area contributed by atoms with Gasteiger partial charge in [0.05, 0.1) is 18.8 Å². The summed E-state index contributed by atoms with van der Waals surface area (Å²) in [6.07, 6.45) is 1.79. The highest BCUT2D eigenvalue weighted by Crippen LogP contribution is 2.38. The zero-order valence-corrected chi connectivity index (χ0v) is 12.8. The van der Waals surface area contributed by atoms with E-state index in [1.54, 1.807) is 18.4 Å². The van der Waals surface area contributed by atoms with Crippen molar-refractivity contribution in [2.45, 2.75) is 18.9 Å². The van der Waals surface area contributed by atoms with Gasteiger partial charge in [0.1, 0.15) is 5.75 Å². The number of ether oxygens (including phenoxy) is 1. The maximum atomic E-state index is 5.69. The van der Waals surface area contributed by atoms with E-state index < -0.39 is 0 Å². The van der Waals surface area contributed by atoms with E-state index in [0.717, 1.165) is 24.3 Å². The largest absolute Gasteiger partial charge is 0.497 e. The zero-order chi connectivity index (χ0) is 14.7. The molecule has 2 aromatic rings. The van der Waals surface area contributed by atoms with Gasteiger partial charge in [-0.3, -0.25) is 5.01 Å². The fourth-order valence-corrected chi connectivity index (χ4v) is 3.40. The van der Waals surface area contributed by atoms with Crippen molar-refractivity contribution in [3.8, 4) is 5.75 Å². The lowest BCUT2D eigenvalue weighted by atomic mass is 10.1. The Balaban J connectivity index is 1.94. The summed E-state index contributed by atoms with van der Waals surface area (Å²) in [5.41, 5.74) is 7.91. The lowest BCUT2D eigenvalue weighted by molar-refractivity contribution is 0.414. The lowest BCUT2D eigenvalue weighted by Gasteiger charge is -2.23. The molecule has 4 nitrogen and oxygen atoms in total. The average Bonchev–Trinajstić information content (AvgIpc) is 3.16. The van der Waals surface area contributed by atoms with Crippen LogP contribution in [0.4, 0.5) is 5.69 Å². The molecular formula is C16H19N3OS. The van der Waals surface area contributed by atoms with Gasteiger partial charge in [0.2, 0.25) is 0 Å². The minimum absolute atomic E-state index is 0.263. The molecule has 3 rings (SSSR count). The van der Waals surface area contributed by atoms with Crippen molar-refractivity contribution in [1.82, 2.24) is 0 Å². The first-order valence-electron chi connectivity index (χ1n) is 7.05. The maximum Gasteiger partial charge on any atom is 0.120 e. The molecule has 0 saturated heterocycles. The van der Waals surface area contributed by atoms with Crippen LogP contribution in [0, 0.1) is 0 Å². The van der Waals surface area contributed by atoms with E-state index in [1.165, 1.54) is 10.6 Å². The first-order valence-corrected chi connectivity index (χ1v) is 7.93. The minimum atomic E-state index is 0.263. The van der Waals surface area contributed by atoms with Gasteiger partial charge < -0.3 is 10.5 Å². The maximum absolute atomic E-state index is 5.69. The van der Waals surface area contributed by atoms with Crippen LogP contribution in [0.1, 0.15) is 23.8 Å². The normalized spacial score (nSPS) is 17.9. The Hall–Kier alpha value is -1.85. The van der Waals surface area contributed by atoms with Crippen LogP contribution in [0.5, 0.6) is 5.75 Å². The molecule has 0 aliphatic carbocycles. The molecule has 21 heavy (non-hydrogen) atoms. The number of methoxy groups -OCH3 is 1. The second-order valence-corrected chi connectivity index (χ2v) is 5.97. The molecule has 0 bridgehead atoms. The molecule has 1 unspecified atom stereocenters. The first-order chi connectivity index (χ1) is 10.3. The van der Waals surface area contributed by atoms with E-state index in [0.29, 0.717) is 6.54 Å². The van der Waals surface area contributed by atoms with Gasteiger partial charge in [0.25, 0.3) is 0 Å². The van der Waals surface area contributed by atoms with Gasteiger partial charge in [0.15, 0.2) is 0 Å². The fraction of sp³-hybridized carbons (Fsp3) is 0.312. The summed E-state index contributed by atoms with van der Waals surface area (Å²) in [6, 6.07) is 12.6.